The molecule has 0 aliphatic carbocycles. The molecule has 0 radical (unpaired) electrons. The van der Waals surface area contributed by atoms with Gasteiger partial charge in [0.25, 0.3) is 5.89 Å². The maximum absolute atomic E-state index is 5.33. The third-order valence-electron chi connectivity index (χ3n) is 3.33. The molecule has 3 heterocycles. The molecule has 2 aromatic heterocycles. The Kier molecular flexibility index (Phi) is 3.91. The van der Waals surface area contributed by atoms with E-state index in [1.165, 1.54) is 0 Å². The van der Waals surface area contributed by atoms with E-state index in [1.54, 1.807) is 11.3 Å². The fourth-order valence-electron chi connectivity index (χ4n) is 2.21. The molecule has 0 spiro atoms. The van der Waals surface area contributed by atoms with Crippen molar-refractivity contribution in [2.75, 3.05) is 19.6 Å². The number of hydrogen-bond acceptors (Lipinski definition) is 6. The van der Waals surface area contributed by atoms with Gasteiger partial charge in [-0.05, 0) is 24.4 Å². The van der Waals surface area contributed by atoms with E-state index in [-0.39, 0.29) is 0 Å². The Morgan fingerprint density at radius 1 is 1.53 bits per heavy atom. The van der Waals surface area contributed by atoms with Crippen molar-refractivity contribution in [2.24, 2.45) is 0 Å². The normalized spacial score (nSPS) is 15.9. The molecule has 6 heteroatoms. The molecule has 0 bridgehead atoms. The number of nitrogens with zero attached hydrogens (tertiary/aromatic N) is 3. The van der Waals surface area contributed by atoms with Crippen LogP contribution in [0.15, 0.2) is 22.0 Å². The maximum Gasteiger partial charge on any atom is 0.268 e. The number of rotatable bonds is 6. The molecule has 19 heavy (non-hydrogen) atoms. The minimum Gasteiger partial charge on any atom is -0.333 e. The van der Waals surface area contributed by atoms with Crippen LogP contribution in [0.1, 0.15) is 19.2 Å². The van der Waals surface area contributed by atoms with Crippen molar-refractivity contribution < 1.29 is 4.52 Å². The molecule has 0 aromatic carbocycles. The van der Waals surface area contributed by atoms with Gasteiger partial charge in [0.05, 0.1) is 11.4 Å². The molecule has 1 N–H and O–H groups in total. The largest absolute Gasteiger partial charge is 0.333 e. The fraction of sp³-hybridized carbons (Fsp3) is 0.538. The van der Waals surface area contributed by atoms with Gasteiger partial charge in [0, 0.05) is 19.1 Å². The predicted octanol–water partition coefficient (Wildman–Crippen LogP) is 1.98. The molecule has 3 rings (SSSR count). The van der Waals surface area contributed by atoms with E-state index in [0.717, 1.165) is 43.3 Å². The summed E-state index contributed by atoms with van der Waals surface area (Å²) in [5.41, 5.74) is 0. The minimum atomic E-state index is 0.614. The van der Waals surface area contributed by atoms with Gasteiger partial charge < -0.3 is 9.84 Å². The first kappa shape index (κ1) is 12.8. The van der Waals surface area contributed by atoms with E-state index in [0.29, 0.717) is 11.9 Å². The van der Waals surface area contributed by atoms with Gasteiger partial charge in [0.15, 0.2) is 5.82 Å². The highest BCUT2D eigenvalue weighted by atomic mass is 32.1. The lowest BCUT2D eigenvalue weighted by atomic mass is 10.1. The summed E-state index contributed by atoms with van der Waals surface area (Å²) in [6.07, 6.45) is 1.14. The Morgan fingerprint density at radius 2 is 2.42 bits per heavy atom. The molecule has 2 aromatic rings. The Morgan fingerprint density at radius 3 is 3.05 bits per heavy atom. The van der Waals surface area contributed by atoms with Gasteiger partial charge in [0.1, 0.15) is 0 Å². The van der Waals surface area contributed by atoms with Crippen LogP contribution in [0.2, 0.25) is 0 Å². The highest BCUT2D eigenvalue weighted by Gasteiger charge is 2.25. The Hall–Kier alpha value is -1.24. The van der Waals surface area contributed by atoms with Gasteiger partial charge in [0.2, 0.25) is 0 Å². The van der Waals surface area contributed by atoms with Crippen molar-refractivity contribution in [3.8, 4) is 10.8 Å². The molecule has 0 saturated carbocycles. The predicted molar refractivity (Wildman–Crippen MR) is 75.0 cm³/mol. The average Bonchev–Trinajstić information content (AvgIpc) is 2.95. The lowest BCUT2D eigenvalue weighted by molar-refractivity contribution is 0.133. The van der Waals surface area contributed by atoms with Crippen molar-refractivity contribution >= 4 is 11.3 Å². The van der Waals surface area contributed by atoms with Crippen molar-refractivity contribution in [1.29, 1.82) is 0 Å². The molecule has 1 fully saturated rings. The average molecular weight is 278 g/mol. The van der Waals surface area contributed by atoms with Crippen LogP contribution in [0.3, 0.4) is 0 Å². The number of hydrogen-bond donors (Lipinski definition) is 1. The first-order valence-corrected chi connectivity index (χ1v) is 7.56. The van der Waals surface area contributed by atoms with E-state index >= 15 is 0 Å². The highest BCUT2D eigenvalue weighted by molar-refractivity contribution is 7.13. The van der Waals surface area contributed by atoms with Gasteiger partial charge in [-0.15, -0.1) is 11.3 Å². The first-order chi connectivity index (χ1) is 9.36. The van der Waals surface area contributed by atoms with Crippen molar-refractivity contribution in [3.63, 3.8) is 0 Å². The zero-order chi connectivity index (χ0) is 13.1. The summed E-state index contributed by atoms with van der Waals surface area (Å²) in [6.45, 7) is 6.18. The summed E-state index contributed by atoms with van der Waals surface area (Å²) in [5, 5.41) is 9.42. The van der Waals surface area contributed by atoms with Gasteiger partial charge in [-0.2, -0.15) is 4.98 Å². The van der Waals surface area contributed by atoms with Crippen LogP contribution in [0.5, 0.6) is 0 Å². The molecular formula is C13H18N4OS. The highest BCUT2D eigenvalue weighted by Crippen LogP contribution is 2.23. The fourth-order valence-corrected chi connectivity index (χ4v) is 2.85. The van der Waals surface area contributed by atoms with Crippen LogP contribution in [0.25, 0.3) is 10.8 Å². The zero-order valence-corrected chi connectivity index (χ0v) is 11.8. The first-order valence-electron chi connectivity index (χ1n) is 6.68. The van der Waals surface area contributed by atoms with E-state index in [9.17, 15) is 0 Å². The maximum atomic E-state index is 5.33. The van der Waals surface area contributed by atoms with E-state index in [2.05, 4.69) is 27.3 Å². The molecule has 1 aliphatic heterocycles. The number of aromatic nitrogens is 2. The minimum absolute atomic E-state index is 0.614. The second kappa shape index (κ2) is 5.81. The van der Waals surface area contributed by atoms with Crippen LogP contribution in [-0.2, 0) is 6.54 Å². The number of thiophene rings is 1. The van der Waals surface area contributed by atoms with Crippen LogP contribution in [0.4, 0.5) is 0 Å². The molecule has 102 valence electrons. The summed E-state index contributed by atoms with van der Waals surface area (Å²) in [4.78, 5) is 7.95. The molecular weight excluding hydrogens is 260 g/mol. The zero-order valence-electron chi connectivity index (χ0n) is 11.0. The quantitative estimate of drug-likeness (QED) is 0.875. The second-order valence-electron chi connectivity index (χ2n) is 4.78. The lowest BCUT2D eigenvalue weighted by Gasteiger charge is -2.37. The Bertz CT molecular complexity index is 506. The summed E-state index contributed by atoms with van der Waals surface area (Å²) in [7, 11) is 0. The standard InChI is InChI=1S/C13H18N4OS/c1-2-5-17(10-7-14-8-10)9-12-15-13(18-16-12)11-4-3-6-19-11/h3-4,6,10,14H,2,5,7-9H2,1H3. The summed E-state index contributed by atoms with van der Waals surface area (Å²) in [5.74, 6) is 1.41. The smallest absolute Gasteiger partial charge is 0.268 e. The Balaban J connectivity index is 1.68. The summed E-state index contributed by atoms with van der Waals surface area (Å²) >= 11 is 1.62. The second-order valence-corrected chi connectivity index (χ2v) is 5.72. The van der Waals surface area contributed by atoms with Gasteiger partial charge in [-0.3, -0.25) is 4.90 Å². The lowest BCUT2D eigenvalue weighted by Crippen LogP contribution is -2.57. The topological polar surface area (TPSA) is 54.2 Å². The molecule has 1 aliphatic rings. The molecule has 0 unspecified atom stereocenters. The molecule has 0 amide bonds. The van der Waals surface area contributed by atoms with Crippen LogP contribution >= 0.6 is 11.3 Å². The molecule has 0 atom stereocenters. The van der Waals surface area contributed by atoms with Crippen molar-refractivity contribution in [1.82, 2.24) is 20.4 Å². The van der Waals surface area contributed by atoms with Crippen LogP contribution in [0, 0.1) is 0 Å². The Labute approximate surface area is 116 Å². The van der Waals surface area contributed by atoms with Gasteiger partial charge in [-0.25, -0.2) is 0 Å². The van der Waals surface area contributed by atoms with E-state index in [1.807, 2.05) is 17.5 Å². The molecule has 1 saturated heterocycles. The van der Waals surface area contributed by atoms with E-state index in [4.69, 9.17) is 4.52 Å². The van der Waals surface area contributed by atoms with Gasteiger partial charge in [-0.1, -0.05) is 18.1 Å². The van der Waals surface area contributed by atoms with Crippen LogP contribution < -0.4 is 5.32 Å². The van der Waals surface area contributed by atoms with Crippen molar-refractivity contribution in [2.45, 2.75) is 25.9 Å². The van der Waals surface area contributed by atoms with E-state index < -0.39 is 0 Å². The molecule has 5 nitrogen and oxygen atoms in total. The third-order valence-corrected chi connectivity index (χ3v) is 4.19. The number of nitrogens with one attached hydrogen (secondary N) is 1. The summed E-state index contributed by atoms with van der Waals surface area (Å²) in [6, 6.07) is 4.61. The van der Waals surface area contributed by atoms with Crippen LogP contribution in [-0.4, -0.2) is 40.7 Å². The van der Waals surface area contributed by atoms with Gasteiger partial charge >= 0.3 is 0 Å². The summed E-state index contributed by atoms with van der Waals surface area (Å²) < 4.78 is 5.33. The SMILES string of the molecule is CCCN(Cc1noc(-c2cccs2)n1)C1CNC1. The third kappa shape index (κ3) is 2.86. The van der Waals surface area contributed by atoms with Crippen molar-refractivity contribution in [3.05, 3.63) is 23.3 Å². The monoisotopic (exact) mass is 278 g/mol.